The Labute approximate surface area is 191 Å². The minimum Gasteiger partial charge on any atom is -0.486 e. The van der Waals surface area contributed by atoms with Crippen molar-refractivity contribution in [2.24, 2.45) is 4.99 Å². The standard InChI is InChI=1S/C26H23N3O4/c1-17-6-8-18(9-7-17)21-15-26(31)29(22-5-3-2-4-20(22)28-21)16-25(30)27-19-10-11-23-24(14-19)33-13-12-32-23/h2-11,14H,12-13,15-16H2,1H3,(H,27,30). The zero-order chi connectivity index (χ0) is 22.8. The van der Waals surface area contributed by atoms with Crippen molar-refractivity contribution >= 4 is 34.6 Å². The number of benzene rings is 3. The van der Waals surface area contributed by atoms with Gasteiger partial charge in [-0.1, -0.05) is 42.0 Å². The average molecular weight is 441 g/mol. The van der Waals surface area contributed by atoms with Gasteiger partial charge in [-0.25, -0.2) is 0 Å². The first-order chi connectivity index (χ1) is 16.1. The number of rotatable bonds is 4. The lowest BCUT2D eigenvalue weighted by Gasteiger charge is -2.22. The second-order valence-corrected chi connectivity index (χ2v) is 7.98. The number of carbonyl (C=O) groups excluding carboxylic acids is 2. The maximum atomic E-state index is 13.2. The Kier molecular flexibility index (Phi) is 5.52. The molecule has 7 heteroatoms. The van der Waals surface area contributed by atoms with Crippen LogP contribution >= 0.6 is 0 Å². The molecular weight excluding hydrogens is 418 g/mol. The van der Waals surface area contributed by atoms with Gasteiger partial charge in [-0.15, -0.1) is 0 Å². The van der Waals surface area contributed by atoms with Crippen LogP contribution in [0, 0.1) is 6.92 Å². The molecule has 0 spiro atoms. The number of ether oxygens (including phenoxy) is 2. The lowest BCUT2D eigenvalue weighted by atomic mass is 10.1. The Morgan fingerprint density at radius 1 is 1.00 bits per heavy atom. The van der Waals surface area contributed by atoms with Gasteiger partial charge in [0.05, 0.1) is 23.5 Å². The Morgan fingerprint density at radius 2 is 1.76 bits per heavy atom. The van der Waals surface area contributed by atoms with Crippen molar-refractivity contribution in [3.63, 3.8) is 0 Å². The van der Waals surface area contributed by atoms with E-state index in [9.17, 15) is 9.59 Å². The van der Waals surface area contributed by atoms with E-state index >= 15 is 0 Å². The van der Waals surface area contributed by atoms with Crippen LogP contribution in [-0.2, 0) is 9.59 Å². The van der Waals surface area contributed by atoms with Gasteiger partial charge in [-0.2, -0.15) is 0 Å². The maximum absolute atomic E-state index is 13.2. The van der Waals surface area contributed by atoms with E-state index in [2.05, 4.69) is 5.32 Å². The minimum absolute atomic E-state index is 0.106. The van der Waals surface area contributed by atoms with Crippen molar-refractivity contribution in [2.75, 3.05) is 30.0 Å². The van der Waals surface area contributed by atoms with E-state index in [1.807, 2.05) is 55.5 Å². The first-order valence-electron chi connectivity index (χ1n) is 10.8. The van der Waals surface area contributed by atoms with Crippen LogP contribution in [0.3, 0.4) is 0 Å². The van der Waals surface area contributed by atoms with Gasteiger partial charge in [0, 0.05) is 11.8 Å². The van der Waals surface area contributed by atoms with Crippen molar-refractivity contribution in [1.29, 1.82) is 0 Å². The zero-order valence-corrected chi connectivity index (χ0v) is 18.2. The fraction of sp³-hybridized carbons (Fsp3) is 0.192. The first-order valence-corrected chi connectivity index (χ1v) is 10.8. The molecule has 0 fully saturated rings. The molecule has 0 unspecified atom stereocenters. The predicted octanol–water partition coefficient (Wildman–Crippen LogP) is 4.26. The van der Waals surface area contributed by atoms with Crippen LogP contribution in [0.4, 0.5) is 17.1 Å². The molecule has 2 aliphatic rings. The number of amides is 2. The van der Waals surface area contributed by atoms with Crippen LogP contribution in [0.25, 0.3) is 0 Å². The van der Waals surface area contributed by atoms with Crippen molar-refractivity contribution in [3.8, 4) is 11.5 Å². The SMILES string of the molecule is Cc1ccc(C2=Nc3ccccc3N(CC(=O)Nc3ccc4c(c3)OCCO4)C(=O)C2)cc1. The number of carbonyl (C=O) groups is 2. The zero-order valence-electron chi connectivity index (χ0n) is 18.2. The summed E-state index contributed by atoms with van der Waals surface area (Å²) in [6, 6.07) is 20.5. The number of para-hydroxylation sites is 2. The molecule has 0 bridgehead atoms. The van der Waals surface area contributed by atoms with Gasteiger partial charge in [-0.3, -0.25) is 14.6 Å². The summed E-state index contributed by atoms with van der Waals surface area (Å²) in [5.74, 6) is 0.744. The third-order valence-electron chi connectivity index (χ3n) is 5.56. The third-order valence-corrected chi connectivity index (χ3v) is 5.56. The smallest absolute Gasteiger partial charge is 0.244 e. The molecule has 0 atom stereocenters. The van der Waals surface area contributed by atoms with Crippen molar-refractivity contribution in [2.45, 2.75) is 13.3 Å². The summed E-state index contributed by atoms with van der Waals surface area (Å²) in [4.78, 5) is 32.4. The Balaban J connectivity index is 1.37. The van der Waals surface area contributed by atoms with E-state index in [1.165, 1.54) is 4.90 Å². The fourth-order valence-corrected chi connectivity index (χ4v) is 3.90. The largest absolute Gasteiger partial charge is 0.486 e. The molecule has 5 rings (SSSR count). The molecule has 2 amide bonds. The lowest BCUT2D eigenvalue weighted by molar-refractivity contribution is -0.120. The van der Waals surface area contributed by atoms with E-state index in [1.54, 1.807) is 18.2 Å². The molecule has 0 aromatic heterocycles. The molecule has 0 saturated heterocycles. The molecule has 166 valence electrons. The number of hydrogen-bond acceptors (Lipinski definition) is 5. The quantitative estimate of drug-likeness (QED) is 0.656. The van der Waals surface area contributed by atoms with Crippen LogP contribution in [0.2, 0.25) is 0 Å². The first kappa shape index (κ1) is 20.8. The number of anilines is 2. The van der Waals surface area contributed by atoms with Gasteiger partial charge in [0.25, 0.3) is 0 Å². The van der Waals surface area contributed by atoms with Gasteiger partial charge < -0.3 is 19.7 Å². The van der Waals surface area contributed by atoms with Crippen molar-refractivity contribution < 1.29 is 19.1 Å². The molecule has 2 aliphatic heterocycles. The van der Waals surface area contributed by atoms with Crippen LogP contribution in [0.5, 0.6) is 11.5 Å². The van der Waals surface area contributed by atoms with Crippen LogP contribution in [0.15, 0.2) is 71.7 Å². The van der Waals surface area contributed by atoms with Crippen molar-refractivity contribution in [1.82, 2.24) is 0 Å². The van der Waals surface area contributed by atoms with Gasteiger partial charge >= 0.3 is 0 Å². The molecular formula is C26H23N3O4. The number of aliphatic imine (C=N–C) groups is 1. The normalized spacial score (nSPS) is 14.8. The highest BCUT2D eigenvalue weighted by molar-refractivity contribution is 6.19. The van der Waals surface area contributed by atoms with Gasteiger partial charge in [0.1, 0.15) is 19.8 Å². The highest BCUT2D eigenvalue weighted by atomic mass is 16.6. The van der Waals surface area contributed by atoms with Crippen LogP contribution in [-0.4, -0.2) is 37.3 Å². The number of nitrogens with one attached hydrogen (secondary N) is 1. The van der Waals surface area contributed by atoms with E-state index < -0.39 is 0 Å². The fourth-order valence-electron chi connectivity index (χ4n) is 3.90. The molecule has 1 N–H and O–H groups in total. The number of nitrogens with zero attached hydrogens (tertiary/aromatic N) is 2. The van der Waals surface area contributed by atoms with E-state index in [-0.39, 0.29) is 24.8 Å². The van der Waals surface area contributed by atoms with Crippen molar-refractivity contribution in [3.05, 3.63) is 77.9 Å². The third kappa shape index (κ3) is 4.43. The van der Waals surface area contributed by atoms with E-state index in [0.29, 0.717) is 47.5 Å². The second kappa shape index (κ2) is 8.78. The Morgan fingerprint density at radius 3 is 2.58 bits per heavy atom. The predicted molar refractivity (Wildman–Crippen MR) is 127 cm³/mol. The summed E-state index contributed by atoms with van der Waals surface area (Å²) in [6.45, 7) is 2.86. The van der Waals surface area contributed by atoms with Crippen LogP contribution < -0.4 is 19.7 Å². The second-order valence-electron chi connectivity index (χ2n) is 7.98. The van der Waals surface area contributed by atoms with Gasteiger partial charge in [0.15, 0.2) is 11.5 Å². The van der Waals surface area contributed by atoms with E-state index in [0.717, 1.165) is 11.1 Å². The van der Waals surface area contributed by atoms with Gasteiger partial charge in [0.2, 0.25) is 11.8 Å². The van der Waals surface area contributed by atoms with Gasteiger partial charge in [-0.05, 0) is 36.8 Å². The topological polar surface area (TPSA) is 80.2 Å². The number of fused-ring (bicyclic) bond motifs is 2. The Bertz CT molecular complexity index is 1250. The summed E-state index contributed by atoms with van der Waals surface area (Å²) in [5.41, 5.74) is 4.56. The maximum Gasteiger partial charge on any atom is 0.244 e. The summed E-state index contributed by atoms with van der Waals surface area (Å²) < 4.78 is 11.1. The molecule has 3 aromatic rings. The average Bonchev–Trinajstić information content (AvgIpc) is 2.96. The highest BCUT2D eigenvalue weighted by Gasteiger charge is 2.26. The summed E-state index contributed by atoms with van der Waals surface area (Å²) in [5, 5.41) is 2.85. The number of aryl methyl sites for hydroxylation is 1. The molecule has 2 heterocycles. The summed E-state index contributed by atoms with van der Waals surface area (Å²) >= 11 is 0. The molecule has 0 saturated carbocycles. The molecule has 33 heavy (non-hydrogen) atoms. The summed E-state index contributed by atoms with van der Waals surface area (Å²) in [6.07, 6.45) is 0.106. The molecule has 0 radical (unpaired) electrons. The number of hydrogen-bond donors (Lipinski definition) is 1. The highest BCUT2D eigenvalue weighted by Crippen LogP contribution is 2.34. The Hall–Kier alpha value is -4.13. The minimum atomic E-state index is -0.311. The van der Waals surface area contributed by atoms with E-state index in [4.69, 9.17) is 14.5 Å². The molecule has 7 nitrogen and oxygen atoms in total. The lowest BCUT2D eigenvalue weighted by Crippen LogP contribution is -2.38. The monoisotopic (exact) mass is 441 g/mol. The van der Waals surface area contributed by atoms with Crippen LogP contribution in [0.1, 0.15) is 17.5 Å². The summed E-state index contributed by atoms with van der Waals surface area (Å²) in [7, 11) is 0. The molecule has 0 aliphatic carbocycles. The molecule has 3 aromatic carbocycles.